The summed E-state index contributed by atoms with van der Waals surface area (Å²) in [6, 6.07) is 0. The van der Waals surface area contributed by atoms with Gasteiger partial charge in [-0.3, -0.25) is 4.79 Å². The summed E-state index contributed by atoms with van der Waals surface area (Å²) < 4.78 is 9.65. The summed E-state index contributed by atoms with van der Waals surface area (Å²) in [5.41, 5.74) is -0.811. The molecule has 0 heterocycles. The van der Waals surface area contributed by atoms with Crippen LogP contribution in [0.1, 0.15) is 25.7 Å². The van der Waals surface area contributed by atoms with Crippen molar-refractivity contribution in [3.63, 3.8) is 0 Å². The van der Waals surface area contributed by atoms with Gasteiger partial charge in [0, 0.05) is 13.7 Å². The van der Waals surface area contributed by atoms with Gasteiger partial charge in [0.05, 0.1) is 20.3 Å². The highest BCUT2D eigenvalue weighted by Crippen LogP contribution is 2.30. The first-order chi connectivity index (χ1) is 8.64. The second kappa shape index (κ2) is 7.33. The van der Waals surface area contributed by atoms with E-state index in [1.807, 2.05) is 0 Å². The third-order valence-electron chi connectivity index (χ3n) is 3.18. The smallest absolute Gasteiger partial charge is 0.331 e. The summed E-state index contributed by atoms with van der Waals surface area (Å²) in [5.74, 6) is -0.524. The van der Waals surface area contributed by atoms with E-state index < -0.39 is 5.54 Å². The predicted molar refractivity (Wildman–Crippen MR) is 66.1 cm³/mol. The van der Waals surface area contributed by atoms with E-state index in [1.165, 1.54) is 7.11 Å². The van der Waals surface area contributed by atoms with E-state index in [9.17, 15) is 9.59 Å². The summed E-state index contributed by atoms with van der Waals surface area (Å²) in [6.07, 6.45) is 3.19. The van der Waals surface area contributed by atoms with E-state index in [-0.39, 0.29) is 18.4 Å². The monoisotopic (exact) mass is 258 g/mol. The molecule has 6 heteroatoms. The summed E-state index contributed by atoms with van der Waals surface area (Å²) in [4.78, 5) is 23.5. The van der Waals surface area contributed by atoms with Gasteiger partial charge in [-0.1, -0.05) is 12.8 Å². The minimum absolute atomic E-state index is 0.182. The zero-order valence-corrected chi connectivity index (χ0v) is 11.1. The molecular formula is C12H22N2O4. The Labute approximate surface area is 107 Å². The third-order valence-corrected chi connectivity index (χ3v) is 3.18. The number of carbonyl (C=O) groups excluding carboxylic acids is 2. The summed E-state index contributed by atoms with van der Waals surface area (Å²) in [7, 11) is 2.96. The van der Waals surface area contributed by atoms with Crippen LogP contribution >= 0.6 is 0 Å². The first-order valence-corrected chi connectivity index (χ1v) is 6.24. The van der Waals surface area contributed by atoms with E-state index in [0.29, 0.717) is 26.0 Å². The molecule has 6 nitrogen and oxygen atoms in total. The number of esters is 1. The molecule has 0 unspecified atom stereocenters. The highest BCUT2D eigenvalue weighted by molar-refractivity contribution is 5.89. The Morgan fingerprint density at radius 2 is 1.89 bits per heavy atom. The SMILES string of the molecule is COCCNCC(=O)NC1(C(=O)OC)CCCC1. The van der Waals surface area contributed by atoms with Crippen molar-refractivity contribution >= 4 is 11.9 Å². The molecule has 0 bridgehead atoms. The molecule has 2 N–H and O–H groups in total. The number of methoxy groups -OCH3 is 2. The van der Waals surface area contributed by atoms with E-state index in [0.717, 1.165) is 12.8 Å². The minimum Gasteiger partial charge on any atom is -0.467 e. The Kier molecular flexibility index (Phi) is 6.07. The van der Waals surface area contributed by atoms with Crippen molar-refractivity contribution in [2.45, 2.75) is 31.2 Å². The second-order valence-corrected chi connectivity index (χ2v) is 4.50. The van der Waals surface area contributed by atoms with Crippen LogP contribution in [0, 0.1) is 0 Å². The van der Waals surface area contributed by atoms with Crippen molar-refractivity contribution in [1.82, 2.24) is 10.6 Å². The van der Waals surface area contributed by atoms with Gasteiger partial charge in [0.1, 0.15) is 5.54 Å². The quantitative estimate of drug-likeness (QED) is 0.489. The molecule has 0 aromatic heterocycles. The minimum atomic E-state index is -0.811. The maximum Gasteiger partial charge on any atom is 0.331 e. The van der Waals surface area contributed by atoms with E-state index in [4.69, 9.17) is 9.47 Å². The van der Waals surface area contributed by atoms with Crippen LogP contribution in [0.4, 0.5) is 0 Å². The lowest BCUT2D eigenvalue weighted by atomic mass is 9.98. The van der Waals surface area contributed by atoms with E-state index >= 15 is 0 Å². The molecule has 0 aliphatic heterocycles. The zero-order chi connectivity index (χ0) is 13.4. The van der Waals surface area contributed by atoms with Crippen molar-refractivity contribution in [2.75, 3.05) is 33.9 Å². The molecule has 1 aliphatic carbocycles. The van der Waals surface area contributed by atoms with Gasteiger partial charge in [0.25, 0.3) is 0 Å². The van der Waals surface area contributed by atoms with Gasteiger partial charge in [-0.2, -0.15) is 0 Å². The topological polar surface area (TPSA) is 76.7 Å². The van der Waals surface area contributed by atoms with Crippen molar-refractivity contribution < 1.29 is 19.1 Å². The van der Waals surface area contributed by atoms with Crippen LogP contribution < -0.4 is 10.6 Å². The van der Waals surface area contributed by atoms with Crippen molar-refractivity contribution in [2.24, 2.45) is 0 Å². The summed E-state index contributed by atoms with van der Waals surface area (Å²) >= 11 is 0. The Bertz CT molecular complexity index is 288. The molecule has 1 saturated carbocycles. The lowest BCUT2D eigenvalue weighted by molar-refractivity contribution is -0.150. The zero-order valence-electron chi connectivity index (χ0n) is 11.1. The molecule has 0 aromatic carbocycles. The maximum absolute atomic E-state index is 11.8. The van der Waals surface area contributed by atoms with Gasteiger partial charge in [-0.15, -0.1) is 0 Å². The number of hydrogen-bond acceptors (Lipinski definition) is 5. The molecule has 1 fully saturated rings. The van der Waals surface area contributed by atoms with Crippen molar-refractivity contribution in [1.29, 1.82) is 0 Å². The van der Waals surface area contributed by atoms with Crippen molar-refractivity contribution in [3.05, 3.63) is 0 Å². The molecule has 1 amide bonds. The molecule has 104 valence electrons. The fourth-order valence-corrected chi connectivity index (χ4v) is 2.24. The van der Waals surface area contributed by atoms with Crippen LogP contribution in [-0.4, -0.2) is 51.3 Å². The first-order valence-electron chi connectivity index (χ1n) is 6.24. The molecule has 0 radical (unpaired) electrons. The molecule has 0 spiro atoms. The predicted octanol–water partition coefficient (Wildman–Crippen LogP) is -0.176. The van der Waals surface area contributed by atoms with Crippen LogP contribution in [-0.2, 0) is 19.1 Å². The molecule has 0 atom stereocenters. The standard InChI is InChI=1S/C12H22N2O4/c1-17-8-7-13-9-10(15)14-12(11(16)18-2)5-3-4-6-12/h13H,3-9H2,1-2H3,(H,14,15). The van der Waals surface area contributed by atoms with E-state index in [2.05, 4.69) is 10.6 Å². The molecule has 18 heavy (non-hydrogen) atoms. The number of ether oxygens (including phenoxy) is 2. The van der Waals surface area contributed by atoms with Gasteiger partial charge in [0.15, 0.2) is 0 Å². The van der Waals surface area contributed by atoms with Crippen LogP contribution in [0.25, 0.3) is 0 Å². The van der Waals surface area contributed by atoms with Gasteiger partial charge >= 0.3 is 5.97 Å². The van der Waals surface area contributed by atoms with Gasteiger partial charge in [-0.25, -0.2) is 4.79 Å². The van der Waals surface area contributed by atoms with E-state index in [1.54, 1.807) is 7.11 Å². The molecule has 0 aromatic rings. The van der Waals surface area contributed by atoms with Crippen LogP contribution in [0.2, 0.25) is 0 Å². The average molecular weight is 258 g/mol. The molecule has 0 saturated heterocycles. The maximum atomic E-state index is 11.8. The molecule has 1 aliphatic rings. The van der Waals surface area contributed by atoms with Gasteiger partial charge < -0.3 is 20.1 Å². The molecule has 1 rings (SSSR count). The van der Waals surface area contributed by atoms with Gasteiger partial charge in [-0.05, 0) is 12.8 Å². The highest BCUT2D eigenvalue weighted by Gasteiger charge is 2.43. The van der Waals surface area contributed by atoms with Crippen LogP contribution in [0.3, 0.4) is 0 Å². The fraction of sp³-hybridized carbons (Fsp3) is 0.833. The normalized spacial score (nSPS) is 17.4. The first kappa shape index (κ1) is 14.9. The average Bonchev–Trinajstić information content (AvgIpc) is 2.83. The number of hydrogen-bond donors (Lipinski definition) is 2. The third kappa shape index (κ3) is 3.96. The largest absolute Gasteiger partial charge is 0.467 e. The summed E-state index contributed by atoms with van der Waals surface area (Å²) in [5, 5.41) is 5.75. The Hall–Kier alpha value is -1.14. The highest BCUT2D eigenvalue weighted by atomic mass is 16.5. The molecular weight excluding hydrogens is 236 g/mol. The Morgan fingerprint density at radius 3 is 2.44 bits per heavy atom. The lowest BCUT2D eigenvalue weighted by Crippen LogP contribution is -2.55. The van der Waals surface area contributed by atoms with Crippen molar-refractivity contribution in [3.8, 4) is 0 Å². The second-order valence-electron chi connectivity index (χ2n) is 4.50. The van der Waals surface area contributed by atoms with Crippen LogP contribution in [0.15, 0.2) is 0 Å². The number of carbonyl (C=O) groups is 2. The van der Waals surface area contributed by atoms with Crippen LogP contribution in [0.5, 0.6) is 0 Å². The summed E-state index contributed by atoms with van der Waals surface area (Å²) in [6.45, 7) is 1.34. The lowest BCUT2D eigenvalue weighted by Gasteiger charge is -2.27. The number of amides is 1. The Morgan fingerprint density at radius 1 is 1.22 bits per heavy atom. The Balaban J connectivity index is 2.41. The number of nitrogens with one attached hydrogen (secondary N) is 2. The number of rotatable bonds is 7. The fourth-order valence-electron chi connectivity index (χ4n) is 2.24. The van der Waals surface area contributed by atoms with Gasteiger partial charge in [0.2, 0.25) is 5.91 Å².